The minimum Gasteiger partial charge on any atom is -0.390 e. The second-order valence-corrected chi connectivity index (χ2v) is 8.98. The predicted octanol–water partition coefficient (Wildman–Crippen LogP) is 4.12. The van der Waals surface area contributed by atoms with Crippen LogP contribution in [0.15, 0.2) is 18.5 Å². The maximum absolute atomic E-state index is 10.3. The first-order valence-electron chi connectivity index (χ1n) is 9.36. The summed E-state index contributed by atoms with van der Waals surface area (Å²) in [7, 11) is 0. The largest absolute Gasteiger partial charge is 0.390 e. The molecular formula is C20H25N5OS. The number of nitrogens with zero attached hydrogens (tertiary/aromatic N) is 4. The van der Waals surface area contributed by atoms with Crippen LogP contribution in [0.25, 0.3) is 20.8 Å². The van der Waals surface area contributed by atoms with Crippen molar-refractivity contribution in [3.8, 4) is 10.6 Å². The second-order valence-electron chi connectivity index (χ2n) is 7.95. The quantitative estimate of drug-likeness (QED) is 0.705. The van der Waals surface area contributed by atoms with Gasteiger partial charge in [-0.25, -0.2) is 15.0 Å². The minimum absolute atomic E-state index is 0.296. The van der Waals surface area contributed by atoms with Gasteiger partial charge in [0.25, 0.3) is 0 Å². The Morgan fingerprint density at radius 1 is 1.19 bits per heavy atom. The van der Waals surface area contributed by atoms with E-state index in [1.165, 1.54) is 0 Å². The predicted molar refractivity (Wildman–Crippen MR) is 109 cm³/mol. The first kappa shape index (κ1) is 18.3. The zero-order valence-electron chi connectivity index (χ0n) is 16.2. The zero-order chi connectivity index (χ0) is 19.2. The highest BCUT2D eigenvalue weighted by molar-refractivity contribution is 7.21. The molecule has 0 radical (unpaired) electrons. The van der Waals surface area contributed by atoms with Gasteiger partial charge in [-0.15, -0.1) is 11.3 Å². The third-order valence-corrected chi connectivity index (χ3v) is 6.43. The van der Waals surface area contributed by atoms with Crippen LogP contribution in [-0.4, -0.2) is 36.7 Å². The van der Waals surface area contributed by atoms with E-state index < -0.39 is 5.60 Å². The maximum atomic E-state index is 10.3. The van der Waals surface area contributed by atoms with Gasteiger partial charge in [-0.2, -0.15) is 0 Å². The van der Waals surface area contributed by atoms with Crippen LogP contribution >= 0.6 is 11.3 Å². The average Bonchev–Trinajstić information content (AvgIpc) is 3.20. The highest BCUT2D eigenvalue weighted by Gasteiger charge is 2.35. The fraction of sp³-hybridized carbons (Fsp3) is 0.500. The molecule has 3 aromatic heterocycles. The van der Waals surface area contributed by atoms with Crippen molar-refractivity contribution in [3.63, 3.8) is 0 Å². The Morgan fingerprint density at radius 3 is 2.70 bits per heavy atom. The average molecular weight is 384 g/mol. The maximum Gasteiger partial charge on any atom is 0.140 e. The molecule has 7 heteroatoms. The lowest BCUT2D eigenvalue weighted by atomic mass is 9.89. The zero-order valence-corrected chi connectivity index (χ0v) is 17.0. The fourth-order valence-corrected chi connectivity index (χ4v) is 4.94. The van der Waals surface area contributed by atoms with Crippen molar-refractivity contribution >= 4 is 27.4 Å². The normalized spacial score (nSPS) is 20.3. The molecule has 27 heavy (non-hydrogen) atoms. The van der Waals surface area contributed by atoms with Gasteiger partial charge in [0.2, 0.25) is 0 Å². The van der Waals surface area contributed by atoms with Crippen LogP contribution in [0.1, 0.15) is 44.6 Å². The van der Waals surface area contributed by atoms with E-state index >= 15 is 0 Å². The van der Waals surface area contributed by atoms with Gasteiger partial charge in [0.05, 0.1) is 27.8 Å². The summed E-state index contributed by atoms with van der Waals surface area (Å²) in [5.74, 6) is 1.89. The van der Waals surface area contributed by atoms with Crippen LogP contribution in [0.3, 0.4) is 0 Å². The number of aryl methyl sites for hydroxylation is 2. The molecule has 0 aromatic carbocycles. The number of hydrogen-bond acceptors (Lipinski definition) is 7. The van der Waals surface area contributed by atoms with E-state index in [1.54, 1.807) is 23.7 Å². The molecule has 1 aliphatic rings. The lowest BCUT2D eigenvalue weighted by Crippen LogP contribution is -2.30. The summed E-state index contributed by atoms with van der Waals surface area (Å²) in [6.07, 6.45) is 6.57. The van der Waals surface area contributed by atoms with Gasteiger partial charge in [-0.1, -0.05) is 0 Å². The standard InChI is InChI=1S/C20H25N5OS/c1-11-17(19-25-15-10-21-8-7-16(15)27-19)18(23-12(2)22-11)24-14-6-5-13(9-14)20(3,4)26/h7-8,10,13-14,26H,5-6,9H2,1-4H3,(H,22,23,24). The van der Waals surface area contributed by atoms with Gasteiger partial charge < -0.3 is 10.4 Å². The van der Waals surface area contributed by atoms with Gasteiger partial charge in [0.1, 0.15) is 22.2 Å². The number of nitrogens with one attached hydrogen (secondary N) is 1. The summed E-state index contributed by atoms with van der Waals surface area (Å²) in [6.45, 7) is 7.73. The Kier molecular flexibility index (Phi) is 4.60. The van der Waals surface area contributed by atoms with Crippen LogP contribution in [0, 0.1) is 19.8 Å². The van der Waals surface area contributed by atoms with E-state index in [0.29, 0.717) is 12.0 Å². The highest BCUT2D eigenvalue weighted by atomic mass is 32.1. The van der Waals surface area contributed by atoms with Crippen molar-refractivity contribution in [1.82, 2.24) is 19.9 Å². The van der Waals surface area contributed by atoms with Gasteiger partial charge in [0.15, 0.2) is 0 Å². The molecule has 1 aliphatic carbocycles. The molecular weight excluding hydrogens is 358 g/mol. The van der Waals surface area contributed by atoms with Crippen LogP contribution in [-0.2, 0) is 0 Å². The molecule has 0 spiro atoms. The Morgan fingerprint density at radius 2 is 2.00 bits per heavy atom. The molecule has 1 fully saturated rings. The molecule has 1 saturated carbocycles. The first-order chi connectivity index (χ1) is 12.8. The fourth-order valence-electron chi connectivity index (χ4n) is 3.91. The monoisotopic (exact) mass is 383 g/mol. The summed E-state index contributed by atoms with van der Waals surface area (Å²) >= 11 is 1.64. The summed E-state index contributed by atoms with van der Waals surface area (Å²) in [4.78, 5) is 18.2. The number of aromatic nitrogens is 4. The van der Waals surface area contributed by atoms with Crippen molar-refractivity contribution in [2.45, 2.75) is 58.6 Å². The molecule has 6 nitrogen and oxygen atoms in total. The summed E-state index contributed by atoms with van der Waals surface area (Å²) in [5, 5.41) is 14.9. The highest BCUT2D eigenvalue weighted by Crippen LogP contribution is 2.39. The Labute approximate surface area is 163 Å². The molecule has 2 unspecified atom stereocenters. The lowest BCUT2D eigenvalue weighted by Gasteiger charge is -2.25. The van der Waals surface area contributed by atoms with Gasteiger partial charge in [-0.05, 0) is 58.9 Å². The van der Waals surface area contributed by atoms with Crippen LogP contribution in [0.2, 0.25) is 0 Å². The molecule has 3 aromatic rings. The molecule has 142 valence electrons. The smallest absolute Gasteiger partial charge is 0.140 e. The third kappa shape index (κ3) is 3.66. The Balaban J connectivity index is 1.69. The van der Waals surface area contributed by atoms with Crippen LogP contribution in [0.5, 0.6) is 0 Å². The Bertz CT molecular complexity index is 945. The number of aliphatic hydroxyl groups is 1. The number of fused-ring (bicyclic) bond motifs is 1. The number of pyridine rings is 1. The molecule has 0 amide bonds. The van der Waals surface area contributed by atoms with Crippen LogP contribution < -0.4 is 5.32 Å². The van der Waals surface area contributed by atoms with E-state index in [4.69, 9.17) is 9.97 Å². The number of thiazole rings is 1. The van der Waals surface area contributed by atoms with Crippen LogP contribution in [0.4, 0.5) is 5.82 Å². The van der Waals surface area contributed by atoms with Gasteiger partial charge >= 0.3 is 0 Å². The second kappa shape index (κ2) is 6.80. The molecule has 0 bridgehead atoms. The van der Waals surface area contributed by atoms with E-state index in [9.17, 15) is 5.11 Å². The first-order valence-corrected chi connectivity index (χ1v) is 10.2. The van der Waals surface area contributed by atoms with Gasteiger partial charge in [0, 0.05) is 12.2 Å². The summed E-state index contributed by atoms with van der Waals surface area (Å²) in [6, 6.07) is 2.28. The SMILES string of the molecule is Cc1nc(C)c(-c2nc3cnccc3s2)c(NC2CCC(C(C)(C)O)C2)n1. The number of anilines is 1. The van der Waals surface area contributed by atoms with Crippen molar-refractivity contribution < 1.29 is 5.11 Å². The van der Waals surface area contributed by atoms with Crippen molar-refractivity contribution in [3.05, 3.63) is 30.0 Å². The summed E-state index contributed by atoms with van der Waals surface area (Å²) < 4.78 is 1.11. The molecule has 0 aliphatic heterocycles. The molecule has 4 rings (SSSR count). The molecule has 2 atom stereocenters. The summed E-state index contributed by atoms with van der Waals surface area (Å²) in [5.41, 5.74) is 2.14. The molecule has 3 heterocycles. The topological polar surface area (TPSA) is 83.8 Å². The molecule has 0 saturated heterocycles. The number of rotatable bonds is 4. The minimum atomic E-state index is -0.642. The van der Waals surface area contributed by atoms with Crippen molar-refractivity contribution in [1.29, 1.82) is 0 Å². The van der Waals surface area contributed by atoms with Crippen molar-refractivity contribution in [2.24, 2.45) is 5.92 Å². The van der Waals surface area contributed by atoms with Crippen molar-refractivity contribution in [2.75, 3.05) is 5.32 Å². The molecule has 2 N–H and O–H groups in total. The van der Waals surface area contributed by atoms with E-state index in [2.05, 4.69) is 15.3 Å². The van der Waals surface area contributed by atoms with E-state index in [0.717, 1.165) is 57.4 Å². The van der Waals surface area contributed by atoms with Gasteiger partial charge in [-0.3, -0.25) is 4.98 Å². The van der Waals surface area contributed by atoms with E-state index in [-0.39, 0.29) is 0 Å². The Hall–Kier alpha value is -2.12. The third-order valence-electron chi connectivity index (χ3n) is 5.38. The number of hydrogen-bond donors (Lipinski definition) is 2. The van der Waals surface area contributed by atoms with E-state index in [1.807, 2.05) is 33.8 Å². The lowest BCUT2D eigenvalue weighted by molar-refractivity contribution is 0.0197.